The van der Waals surface area contributed by atoms with E-state index in [0.717, 1.165) is 11.1 Å². The lowest BCUT2D eigenvalue weighted by Crippen LogP contribution is -2.53. The first-order valence-corrected chi connectivity index (χ1v) is 10.2. The van der Waals surface area contributed by atoms with Crippen LogP contribution in [0, 0.1) is 0 Å². The van der Waals surface area contributed by atoms with Crippen LogP contribution in [0.3, 0.4) is 0 Å². The molecule has 1 aliphatic heterocycles. The maximum Gasteiger partial charge on any atom is 0.240 e. The molecule has 0 aromatic heterocycles. The third-order valence-electron chi connectivity index (χ3n) is 5.02. The van der Waals surface area contributed by atoms with Crippen LogP contribution in [-0.2, 0) is 21.2 Å². The summed E-state index contributed by atoms with van der Waals surface area (Å²) in [5, 5.41) is 2.83. The molecule has 136 valence electrons. The number of amides is 1. The Morgan fingerprint density at radius 3 is 2.54 bits per heavy atom. The fraction of sp³-hybridized carbons (Fsp3) is 0.316. The average Bonchev–Trinajstić information content (AvgIpc) is 2.99. The van der Waals surface area contributed by atoms with Crippen molar-refractivity contribution in [2.75, 3.05) is 19.6 Å². The van der Waals surface area contributed by atoms with Gasteiger partial charge in [0.2, 0.25) is 15.9 Å². The van der Waals surface area contributed by atoms with Gasteiger partial charge in [0.25, 0.3) is 0 Å². The summed E-state index contributed by atoms with van der Waals surface area (Å²) in [6.45, 7) is 1.56. The first kappa shape index (κ1) is 17.2. The van der Waals surface area contributed by atoms with Gasteiger partial charge in [-0.05, 0) is 29.7 Å². The van der Waals surface area contributed by atoms with Crippen LogP contribution in [-0.4, -0.2) is 44.9 Å². The van der Waals surface area contributed by atoms with Crippen LogP contribution in [0.5, 0.6) is 0 Å². The van der Waals surface area contributed by atoms with E-state index in [9.17, 15) is 13.2 Å². The zero-order chi connectivity index (χ0) is 18.1. The van der Waals surface area contributed by atoms with E-state index in [1.807, 2.05) is 24.3 Å². The summed E-state index contributed by atoms with van der Waals surface area (Å²) in [5.41, 5.74) is 2.23. The minimum absolute atomic E-state index is 0.0229. The summed E-state index contributed by atoms with van der Waals surface area (Å²) in [6, 6.07) is 15.9. The monoisotopic (exact) mass is 371 g/mol. The van der Waals surface area contributed by atoms with Gasteiger partial charge >= 0.3 is 0 Å². The van der Waals surface area contributed by atoms with E-state index in [1.165, 1.54) is 0 Å². The van der Waals surface area contributed by atoms with Crippen LogP contribution in [0.4, 0.5) is 0 Å². The van der Waals surface area contributed by atoms with Gasteiger partial charge in [0.1, 0.15) is 0 Å². The Labute approximate surface area is 153 Å². The number of rotatable bonds is 4. The fourth-order valence-corrected chi connectivity index (χ4v) is 5.16. The van der Waals surface area contributed by atoms with Crippen molar-refractivity contribution in [1.29, 1.82) is 0 Å². The molecule has 1 heterocycles. The molecule has 4 rings (SSSR count). The molecular formula is C19H21N3O3S. The van der Waals surface area contributed by atoms with Gasteiger partial charge in [0.15, 0.2) is 0 Å². The van der Waals surface area contributed by atoms with Crippen molar-refractivity contribution < 1.29 is 13.2 Å². The minimum Gasteiger partial charge on any atom is -0.354 e. The van der Waals surface area contributed by atoms with Crippen molar-refractivity contribution in [2.24, 2.45) is 0 Å². The van der Waals surface area contributed by atoms with Gasteiger partial charge < -0.3 is 5.32 Å². The van der Waals surface area contributed by atoms with Crippen molar-refractivity contribution in [3.05, 3.63) is 65.7 Å². The third kappa shape index (κ3) is 3.25. The number of benzene rings is 2. The molecule has 7 heteroatoms. The molecule has 0 saturated carbocycles. The Bertz CT molecular complexity index is 915. The largest absolute Gasteiger partial charge is 0.354 e. The summed E-state index contributed by atoms with van der Waals surface area (Å²) < 4.78 is 28.5. The summed E-state index contributed by atoms with van der Waals surface area (Å²) in [7, 11) is -3.62. The highest BCUT2D eigenvalue weighted by Crippen LogP contribution is 2.36. The molecule has 6 nitrogen and oxygen atoms in total. The second-order valence-corrected chi connectivity index (χ2v) is 8.42. The number of fused-ring (bicyclic) bond motifs is 1. The molecule has 0 spiro atoms. The van der Waals surface area contributed by atoms with Crippen molar-refractivity contribution in [2.45, 2.75) is 23.4 Å². The molecule has 26 heavy (non-hydrogen) atoms. The molecular weight excluding hydrogens is 350 g/mol. The molecule has 1 aliphatic carbocycles. The van der Waals surface area contributed by atoms with Crippen molar-refractivity contribution in [3.8, 4) is 0 Å². The second-order valence-electron chi connectivity index (χ2n) is 6.71. The van der Waals surface area contributed by atoms with Gasteiger partial charge in [-0.15, -0.1) is 0 Å². The van der Waals surface area contributed by atoms with Gasteiger partial charge in [-0.25, -0.2) is 13.1 Å². The van der Waals surface area contributed by atoms with E-state index >= 15 is 0 Å². The summed E-state index contributed by atoms with van der Waals surface area (Å²) in [5.74, 6) is -0.0229. The Morgan fingerprint density at radius 1 is 1.04 bits per heavy atom. The van der Waals surface area contributed by atoms with Crippen LogP contribution in [0.1, 0.15) is 17.2 Å². The summed E-state index contributed by atoms with van der Waals surface area (Å²) in [4.78, 5) is 14.2. The predicted octanol–water partition coefficient (Wildman–Crippen LogP) is 1.06. The Kier molecular flexibility index (Phi) is 4.52. The van der Waals surface area contributed by atoms with Gasteiger partial charge in [-0.3, -0.25) is 9.69 Å². The van der Waals surface area contributed by atoms with Crippen molar-refractivity contribution in [3.63, 3.8) is 0 Å². The van der Waals surface area contributed by atoms with E-state index in [4.69, 9.17) is 0 Å². The van der Waals surface area contributed by atoms with Crippen LogP contribution in [0.2, 0.25) is 0 Å². The number of sulfonamides is 1. The molecule has 1 fully saturated rings. The molecule has 1 amide bonds. The molecule has 2 aliphatic rings. The summed E-state index contributed by atoms with van der Waals surface area (Å²) in [6.07, 6.45) is 0.616. The normalized spacial score (nSPS) is 23.5. The highest BCUT2D eigenvalue weighted by atomic mass is 32.2. The van der Waals surface area contributed by atoms with Gasteiger partial charge in [-0.2, -0.15) is 0 Å². The van der Waals surface area contributed by atoms with Gasteiger partial charge in [0, 0.05) is 19.1 Å². The van der Waals surface area contributed by atoms with Crippen molar-refractivity contribution >= 4 is 15.9 Å². The number of carbonyl (C=O) groups is 1. The number of hydrogen-bond acceptors (Lipinski definition) is 4. The molecule has 2 atom stereocenters. The topological polar surface area (TPSA) is 78.5 Å². The van der Waals surface area contributed by atoms with Crippen LogP contribution < -0.4 is 10.0 Å². The second kappa shape index (κ2) is 6.83. The quantitative estimate of drug-likeness (QED) is 0.843. The van der Waals surface area contributed by atoms with E-state index in [2.05, 4.69) is 14.9 Å². The standard InChI is InChI=1S/C19H21N3O3S/c23-18-13-22(11-10-20-18)19-16-9-5-4-6-14(16)12-17(19)21-26(24,25)15-7-2-1-3-8-15/h1-9,17,19,21H,10-13H2,(H,20,23)/t17-,19-/m1/s1. The number of nitrogens with one attached hydrogen (secondary N) is 2. The third-order valence-corrected chi connectivity index (χ3v) is 6.52. The van der Waals surface area contributed by atoms with Crippen LogP contribution in [0.25, 0.3) is 0 Å². The molecule has 1 saturated heterocycles. The van der Waals surface area contributed by atoms with E-state index in [1.54, 1.807) is 30.3 Å². The zero-order valence-corrected chi connectivity index (χ0v) is 15.1. The van der Waals surface area contributed by atoms with E-state index in [-0.39, 0.29) is 29.4 Å². The van der Waals surface area contributed by atoms with Crippen LogP contribution >= 0.6 is 0 Å². The Hall–Kier alpha value is -2.22. The van der Waals surface area contributed by atoms with E-state index in [0.29, 0.717) is 19.5 Å². The molecule has 2 aromatic rings. The Balaban J connectivity index is 1.65. The van der Waals surface area contributed by atoms with Crippen LogP contribution in [0.15, 0.2) is 59.5 Å². The lowest BCUT2D eigenvalue weighted by molar-refractivity contribution is -0.125. The highest BCUT2D eigenvalue weighted by Gasteiger charge is 2.40. The molecule has 2 aromatic carbocycles. The average molecular weight is 371 g/mol. The minimum atomic E-state index is -3.62. The van der Waals surface area contributed by atoms with Crippen molar-refractivity contribution in [1.82, 2.24) is 14.9 Å². The maximum absolute atomic E-state index is 12.8. The number of carbonyl (C=O) groups excluding carboxylic acids is 1. The lowest BCUT2D eigenvalue weighted by Gasteiger charge is -2.36. The zero-order valence-electron chi connectivity index (χ0n) is 14.3. The number of piperazine rings is 1. The predicted molar refractivity (Wildman–Crippen MR) is 98.0 cm³/mol. The van der Waals surface area contributed by atoms with Gasteiger partial charge in [0.05, 0.1) is 17.5 Å². The van der Waals surface area contributed by atoms with Gasteiger partial charge in [-0.1, -0.05) is 42.5 Å². The molecule has 2 N–H and O–H groups in total. The lowest BCUT2D eigenvalue weighted by atomic mass is 10.0. The maximum atomic E-state index is 12.8. The number of nitrogens with zero attached hydrogens (tertiary/aromatic N) is 1. The SMILES string of the molecule is O=C1CN([C@@H]2c3ccccc3C[C@H]2NS(=O)(=O)c2ccccc2)CCN1. The first-order chi connectivity index (χ1) is 12.5. The molecule has 0 unspecified atom stereocenters. The summed E-state index contributed by atoms with van der Waals surface area (Å²) >= 11 is 0. The number of hydrogen-bond donors (Lipinski definition) is 2. The Morgan fingerprint density at radius 2 is 1.77 bits per heavy atom. The smallest absolute Gasteiger partial charge is 0.240 e. The molecule has 0 radical (unpaired) electrons. The highest BCUT2D eigenvalue weighted by molar-refractivity contribution is 7.89. The first-order valence-electron chi connectivity index (χ1n) is 8.70. The molecule has 0 bridgehead atoms. The van der Waals surface area contributed by atoms with E-state index < -0.39 is 10.0 Å². The fourth-order valence-electron chi connectivity index (χ4n) is 3.89.